The SMILES string of the molecule is C=C(C)C(=O)OCC(F)(F)F.C=CC(=O)OCC(F)(F)C(F)F. The molecule has 0 aromatic rings. The number of rotatable bonds is 6. The van der Waals surface area contributed by atoms with Crippen LogP contribution in [0.4, 0.5) is 30.7 Å². The monoisotopic (exact) mass is 354 g/mol. The molecule has 0 spiro atoms. The van der Waals surface area contributed by atoms with Gasteiger partial charge in [-0.1, -0.05) is 13.2 Å². The summed E-state index contributed by atoms with van der Waals surface area (Å²) in [6.07, 6.45) is -7.69. The lowest BCUT2D eigenvalue weighted by Crippen LogP contribution is -2.33. The van der Waals surface area contributed by atoms with E-state index in [0.29, 0.717) is 6.08 Å². The number of alkyl halides is 7. The average molecular weight is 354 g/mol. The van der Waals surface area contributed by atoms with Crippen LogP contribution in [0.1, 0.15) is 6.92 Å². The maximum atomic E-state index is 12.0. The first-order chi connectivity index (χ1) is 10.2. The fraction of sp³-hybridized carbons (Fsp3) is 0.500. The molecule has 0 bridgehead atoms. The number of carbonyl (C=O) groups is 2. The first-order valence-corrected chi connectivity index (χ1v) is 5.57. The topological polar surface area (TPSA) is 52.6 Å². The molecule has 0 fully saturated rings. The van der Waals surface area contributed by atoms with Gasteiger partial charge in [-0.3, -0.25) is 0 Å². The molecule has 11 heteroatoms. The maximum Gasteiger partial charge on any atom is 0.422 e. The molecule has 0 rings (SSSR count). The molecule has 0 aliphatic carbocycles. The van der Waals surface area contributed by atoms with Crippen molar-refractivity contribution in [1.29, 1.82) is 0 Å². The second-order valence-corrected chi connectivity index (χ2v) is 3.85. The molecule has 23 heavy (non-hydrogen) atoms. The third-order valence-corrected chi connectivity index (χ3v) is 1.61. The van der Waals surface area contributed by atoms with Gasteiger partial charge in [0.1, 0.15) is 0 Å². The van der Waals surface area contributed by atoms with E-state index in [0.717, 1.165) is 0 Å². The van der Waals surface area contributed by atoms with Crippen molar-refractivity contribution in [2.45, 2.75) is 25.4 Å². The van der Waals surface area contributed by atoms with Crippen molar-refractivity contribution in [2.24, 2.45) is 0 Å². The van der Waals surface area contributed by atoms with Crippen LogP contribution in [-0.2, 0) is 19.1 Å². The lowest BCUT2D eigenvalue weighted by Gasteiger charge is -2.13. The number of hydrogen-bond acceptors (Lipinski definition) is 4. The Morgan fingerprint density at radius 2 is 1.57 bits per heavy atom. The van der Waals surface area contributed by atoms with E-state index >= 15 is 0 Å². The highest BCUT2D eigenvalue weighted by atomic mass is 19.4. The molecule has 0 aromatic carbocycles. The molecule has 0 amide bonds. The van der Waals surface area contributed by atoms with Gasteiger partial charge < -0.3 is 9.47 Å². The summed E-state index contributed by atoms with van der Waals surface area (Å²) < 4.78 is 88.4. The van der Waals surface area contributed by atoms with Crippen molar-refractivity contribution in [3.63, 3.8) is 0 Å². The Balaban J connectivity index is 0. The first kappa shape index (κ1) is 23.2. The van der Waals surface area contributed by atoms with Crippen LogP contribution in [0, 0.1) is 0 Å². The summed E-state index contributed by atoms with van der Waals surface area (Å²) in [6, 6.07) is 0. The van der Waals surface area contributed by atoms with E-state index in [9.17, 15) is 40.3 Å². The molecule has 0 N–H and O–H groups in total. The standard InChI is InChI=1S/C6H6F4O2.C6H7F3O2/c1-2-4(11)12-3-6(9,10)5(7)8;1-4(2)5(10)11-3-6(7,8)9/h2,5H,1,3H2;1,3H2,2H3. The molecular weight excluding hydrogens is 341 g/mol. The minimum absolute atomic E-state index is 0.0470. The van der Waals surface area contributed by atoms with E-state index in [1.807, 2.05) is 0 Å². The van der Waals surface area contributed by atoms with Gasteiger partial charge in [0.15, 0.2) is 13.2 Å². The van der Waals surface area contributed by atoms with Crippen LogP contribution in [0.3, 0.4) is 0 Å². The van der Waals surface area contributed by atoms with Gasteiger partial charge in [-0.15, -0.1) is 0 Å². The lowest BCUT2D eigenvalue weighted by molar-refractivity contribution is -0.183. The molecule has 0 aromatic heterocycles. The van der Waals surface area contributed by atoms with Crippen LogP contribution >= 0.6 is 0 Å². The second kappa shape index (κ2) is 9.85. The van der Waals surface area contributed by atoms with E-state index in [-0.39, 0.29) is 5.57 Å². The van der Waals surface area contributed by atoms with Crippen LogP contribution in [-0.4, -0.2) is 43.7 Å². The van der Waals surface area contributed by atoms with Crippen LogP contribution in [0.5, 0.6) is 0 Å². The van der Waals surface area contributed by atoms with Crippen LogP contribution < -0.4 is 0 Å². The molecule has 0 saturated carbocycles. The summed E-state index contributed by atoms with van der Waals surface area (Å²) in [4.78, 5) is 20.5. The fourth-order valence-corrected chi connectivity index (χ4v) is 0.560. The predicted octanol–water partition coefficient (Wildman–Crippen LogP) is 3.28. The Labute approximate surface area is 126 Å². The van der Waals surface area contributed by atoms with E-state index in [2.05, 4.69) is 22.6 Å². The van der Waals surface area contributed by atoms with E-state index in [1.165, 1.54) is 6.92 Å². The van der Waals surface area contributed by atoms with Gasteiger partial charge in [0.25, 0.3) is 0 Å². The van der Waals surface area contributed by atoms with Gasteiger partial charge in [-0.25, -0.2) is 18.4 Å². The van der Waals surface area contributed by atoms with Gasteiger partial charge in [-0.05, 0) is 6.92 Å². The predicted molar refractivity (Wildman–Crippen MR) is 63.9 cm³/mol. The third kappa shape index (κ3) is 13.3. The molecule has 0 radical (unpaired) electrons. The van der Waals surface area contributed by atoms with Gasteiger partial charge in [0.2, 0.25) is 0 Å². The van der Waals surface area contributed by atoms with Gasteiger partial charge in [-0.2, -0.15) is 22.0 Å². The molecule has 0 atom stereocenters. The molecule has 134 valence electrons. The van der Waals surface area contributed by atoms with Gasteiger partial charge >= 0.3 is 30.5 Å². The van der Waals surface area contributed by atoms with Crippen molar-refractivity contribution in [3.8, 4) is 0 Å². The summed E-state index contributed by atoms with van der Waals surface area (Å²) in [6.45, 7) is 4.10. The summed E-state index contributed by atoms with van der Waals surface area (Å²) in [7, 11) is 0. The Hall–Kier alpha value is -2.07. The highest BCUT2D eigenvalue weighted by Gasteiger charge is 2.42. The molecule has 0 aliphatic rings. The quantitative estimate of drug-likeness (QED) is 0.417. The molecule has 0 saturated heterocycles. The lowest BCUT2D eigenvalue weighted by atomic mass is 10.4. The smallest absolute Gasteiger partial charge is 0.422 e. The summed E-state index contributed by atoms with van der Waals surface area (Å²) in [5.74, 6) is -6.48. The van der Waals surface area contributed by atoms with Crippen molar-refractivity contribution in [1.82, 2.24) is 0 Å². The Kier molecular flexibility index (Phi) is 9.93. The molecule has 0 aliphatic heterocycles. The molecule has 0 unspecified atom stereocenters. The van der Waals surface area contributed by atoms with Gasteiger partial charge in [0.05, 0.1) is 0 Å². The number of hydrogen-bond donors (Lipinski definition) is 0. The van der Waals surface area contributed by atoms with E-state index in [4.69, 9.17) is 0 Å². The second-order valence-electron chi connectivity index (χ2n) is 3.85. The number of esters is 2. The molecule has 0 heterocycles. The Morgan fingerprint density at radius 1 is 1.09 bits per heavy atom. The first-order valence-electron chi connectivity index (χ1n) is 5.57. The minimum atomic E-state index is -4.47. The van der Waals surface area contributed by atoms with Crippen LogP contribution in [0.25, 0.3) is 0 Å². The molecular formula is C12H13F7O4. The zero-order valence-corrected chi connectivity index (χ0v) is 11.8. The normalized spacial score (nSPS) is 11.2. The summed E-state index contributed by atoms with van der Waals surface area (Å²) in [5, 5.41) is 0. The number of ether oxygens (including phenoxy) is 2. The van der Waals surface area contributed by atoms with Crippen LogP contribution in [0.15, 0.2) is 24.8 Å². The van der Waals surface area contributed by atoms with Crippen molar-refractivity contribution < 1.29 is 49.8 Å². The van der Waals surface area contributed by atoms with Crippen LogP contribution in [0.2, 0.25) is 0 Å². The minimum Gasteiger partial charge on any atom is -0.456 e. The third-order valence-electron chi connectivity index (χ3n) is 1.61. The zero-order valence-electron chi connectivity index (χ0n) is 11.8. The zero-order chi connectivity index (χ0) is 18.8. The van der Waals surface area contributed by atoms with E-state index < -0.39 is 43.7 Å². The maximum absolute atomic E-state index is 12.0. The highest BCUT2D eigenvalue weighted by Crippen LogP contribution is 2.22. The number of carbonyl (C=O) groups excluding carboxylic acids is 2. The number of halogens is 7. The fourth-order valence-electron chi connectivity index (χ4n) is 0.560. The Morgan fingerprint density at radius 3 is 1.87 bits per heavy atom. The van der Waals surface area contributed by atoms with Crippen molar-refractivity contribution in [3.05, 3.63) is 24.8 Å². The van der Waals surface area contributed by atoms with E-state index in [1.54, 1.807) is 0 Å². The largest absolute Gasteiger partial charge is 0.456 e. The van der Waals surface area contributed by atoms with Crippen molar-refractivity contribution >= 4 is 11.9 Å². The average Bonchev–Trinajstić information content (AvgIpc) is 2.41. The molecule has 4 nitrogen and oxygen atoms in total. The highest BCUT2D eigenvalue weighted by molar-refractivity contribution is 5.86. The van der Waals surface area contributed by atoms with Crippen molar-refractivity contribution in [2.75, 3.05) is 13.2 Å². The summed E-state index contributed by atoms with van der Waals surface area (Å²) in [5.41, 5.74) is -0.0470. The Bertz CT molecular complexity index is 430. The van der Waals surface area contributed by atoms with Gasteiger partial charge in [0, 0.05) is 11.6 Å². The summed E-state index contributed by atoms with van der Waals surface area (Å²) >= 11 is 0.